The predicted octanol–water partition coefficient (Wildman–Crippen LogP) is 0.634. The molecule has 0 bridgehead atoms. The van der Waals surface area contributed by atoms with Crippen LogP contribution in [0.3, 0.4) is 0 Å². The lowest BCUT2D eigenvalue weighted by Gasteiger charge is -2.14. The number of halogens is 1. The Morgan fingerprint density at radius 1 is 1.89 bits per heavy atom. The molecule has 0 aromatic rings. The summed E-state index contributed by atoms with van der Waals surface area (Å²) in [4.78, 5) is 3.90. The average molecular weight is 148 g/mol. The van der Waals surface area contributed by atoms with Crippen molar-refractivity contribution in [1.29, 1.82) is 0 Å². The van der Waals surface area contributed by atoms with Gasteiger partial charge < -0.3 is 5.73 Å². The van der Waals surface area contributed by atoms with Crippen LogP contribution in [0.4, 0.5) is 4.39 Å². The fraction of sp³-hybridized carbons (Fsp3) is 0.800. The number of hydrogen-bond donors (Lipinski definition) is 1. The number of thioether (sulfide) groups is 1. The molecule has 0 spiro atoms. The first-order valence-electron chi connectivity index (χ1n) is 2.81. The molecule has 0 saturated carbocycles. The third kappa shape index (κ3) is 1.86. The molecule has 1 heterocycles. The van der Waals surface area contributed by atoms with Crippen molar-refractivity contribution in [2.24, 2.45) is 16.6 Å². The second kappa shape index (κ2) is 3.06. The van der Waals surface area contributed by atoms with Crippen molar-refractivity contribution < 1.29 is 4.39 Å². The molecule has 1 unspecified atom stereocenters. The van der Waals surface area contributed by atoms with Crippen LogP contribution in [0.25, 0.3) is 0 Å². The summed E-state index contributed by atoms with van der Waals surface area (Å²) in [5, 5.41) is 0.597. The summed E-state index contributed by atoms with van der Waals surface area (Å²) in [6.07, 6.45) is 0. The smallest absolute Gasteiger partial charge is 0.153 e. The van der Waals surface area contributed by atoms with Crippen LogP contribution in [0.15, 0.2) is 4.99 Å². The summed E-state index contributed by atoms with van der Waals surface area (Å²) >= 11 is 1.44. The van der Waals surface area contributed by atoms with Gasteiger partial charge in [-0.15, -0.1) is 0 Å². The molecule has 0 amide bonds. The Morgan fingerprint density at radius 3 is 3.11 bits per heavy atom. The van der Waals surface area contributed by atoms with Crippen LogP contribution in [0.1, 0.15) is 0 Å². The molecular weight excluding hydrogens is 139 g/mol. The summed E-state index contributed by atoms with van der Waals surface area (Å²) in [5.74, 6) is 0.883. The summed E-state index contributed by atoms with van der Waals surface area (Å²) in [5.41, 5.74) is 5.34. The maximum absolute atomic E-state index is 11.9. The lowest BCUT2D eigenvalue weighted by Crippen LogP contribution is -2.21. The van der Waals surface area contributed by atoms with E-state index >= 15 is 0 Å². The van der Waals surface area contributed by atoms with Crippen molar-refractivity contribution >= 4 is 16.9 Å². The van der Waals surface area contributed by atoms with E-state index in [1.807, 2.05) is 0 Å². The lowest BCUT2D eigenvalue weighted by molar-refractivity contribution is 0.393. The van der Waals surface area contributed by atoms with Crippen LogP contribution >= 0.6 is 11.8 Å². The molecule has 1 aliphatic heterocycles. The molecule has 0 saturated heterocycles. The molecule has 2 nitrogen and oxygen atoms in total. The zero-order valence-electron chi connectivity index (χ0n) is 5.01. The van der Waals surface area contributed by atoms with Crippen LogP contribution in [-0.2, 0) is 0 Å². The molecule has 0 aliphatic carbocycles. The number of hydrogen-bond acceptors (Lipinski definition) is 3. The van der Waals surface area contributed by atoms with Crippen LogP contribution in [0.5, 0.6) is 0 Å². The van der Waals surface area contributed by atoms with E-state index in [4.69, 9.17) is 5.73 Å². The molecule has 52 valence electrons. The Bertz CT molecular complexity index is 126. The summed E-state index contributed by atoms with van der Waals surface area (Å²) in [6, 6.07) is 0. The van der Waals surface area contributed by atoms with E-state index in [2.05, 4.69) is 4.99 Å². The Hall–Kier alpha value is -0.250. The highest BCUT2D eigenvalue weighted by Gasteiger charge is 2.13. The first-order valence-corrected chi connectivity index (χ1v) is 3.80. The number of aliphatic imine (C=N–C) groups is 1. The Balaban J connectivity index is 2.36. The molecule has 0 aromatic heterocycles. The summed E-state index contributed by atoms with van der Waals surface area (Å²) < 4.78 is 11.9. The van der Waals surface area contributed by atoms with E-state index in [-0.39, 0.29) is 12.6 Å². The standard InChI is InChI=1S/C5H9FN2S/c6-1-4-2-8-5(7)9-3-4/h4H,1-3H2,(H2,7,8). The molecule has 2 N–H and O–H groups in total. The van der Waals surface area contributed by atoms with Gasteiger partial charge in [-0.2, -0.15) is 0 Å². The maximum atomic E-state index is 11.9. The molecule has 9 heavy (non-hydrogen) atoms. The minimum absolute atomic E-state index is 0.0994. The quantitative estimate of drug-likeness (QED) is 0.592. The van der Waals surface area contributed by atoms with Crippen LogP contribution in [0, 0.1) is 5.92 Å². The van der Waals surface area contributed by atoms with Crippen molar-refractivity contribution in [3.8, 4) is 0 Å². The highest BCUT2D eigenvalue weighted by Crippen LogP contribution is 2.14. The minimum Gasteiger partial charge on any atom is -0.379 e. The van der Waals surface area contributed by atoms with Gasteiger partial charge in [0.2, 0.25) is 0 Å². The van der Waals surface area contributed by atoms with Crippen molar-refractivity contribution in [3.05, 3.63) is 0 Å². The number of nitrogens with two attached hydrogens (primary N) is 1. The van der Waals surface area contributed by atoms with Gasteiger partial charge >= 0.3 is 0 Å². The van der Waals surface area contributed by atoms with Crippen molar-refractivity contribution in [1.82, 2.24) is 0 Å². The van der Waals surface area contributed by atoms with Crippen molar-refractivity contribution in [2.75, 3.05) is 19.0 Å². The molecule has 0 aromatic carbocycles. The zero-order chi connectivity index (χ0) is 6.69. The number of rotatable bonds is 1. The third-order valence-corrected chi connectivity index (χ3v) is 2.25. The van der Waals surface area contributed by atoms with E-state index in [1.54, 1.807) is 0 Å². The minimum atomic E-state index is -0.274. The number of amidine groups is 1. The predicted molar refractivity (Wildman–Crippen MR) is 38.4 cm³/mol. The lowest BCUT2D eigenvalue weighted by atomic mass is 10.2. The van der Waals surface area contributed by atoms with Gasteiger partial charge in [0.1, 0.15) is 0 Å². The van der Waals surface area contributed by atoms with E-state index in [9.17, 15) is 4.39 Å². The largest absolute Gasteiger partial charge is 0.379 e. The molecule has 1 rings (SSSR count). The first kappa shape index (κ1) is 6.86. The summed E-state index contributed by atoms with van der Waals surface area (Å²) in [6.45, 7) is 0.291. The van der Waals surface area contributed by atoms with Gasteiger partial charge in [-0.25, -0.2) is 0 Å². The van der Waals surface area contributed by atoms with Gasteiger partial charge in [0.15, 0.2) is 5.17 Å². The van der Waals surface area contributed by atoms with Crippen LogP contribution in [0.2, 0.25) is 0 Å². The van der Waals surface area contributed by atoms with Gasteiger partial charge in [0, 0.05) is 18.2 Å². The first-order chi connectivity index (χ1) is 4.33. The van der Waals surface area contributed by atoms with Gasteiger partial charge in [0.05, 0.1) is 6.67 Å². The highest BCUT2D eigenvalue weighted by atomic mass is 32.2. The molecular formula is C5H9FN2S. The molecule has 1 atom stereocenters. The van der Waals surface area contributed by atoms with E-state index in [0.717, 1.165) is 5.75 Å². The highest BCUT2D eigenvalue weighted by molar-refractivity contribution is 8.13. The fourth-order valence-corrected chi connectivity index (χ4v) is 1.38. The molecule has 0 radical (unpaired) electrons. The molecule has 1 aliphatic rings. The zero-order valence-corrected chi connectivity index (χ0v) is 5.83. The second-order valence-corrected chi connectivity index (χ2v) is 3.05. The van der Waals surface area contributed by atoms with Crippen molar-refractivity contribution in [2.45, 2.75) is 0 Å². The third-order valence-electron chi connectivity index (χ3n) is 1.19. The van der Waals surface area contributed by atoms with E-state index in [0.29, 0.717) is 11.7 Å². The SMILES string of the molecule is NC1=NCC(CF)CS1. The fourth-order valence-electron chi connectivity index (χ4n) is 0.614. The molecule has 0 fully saturated rings. The van der Waals surface area contributed by atoms with Crippen LogP contribution < -0.4 is 5.73 Å². The Morgan fingerprint density at radius 2 is 2.67 bits per heavy atom. The number of alkyl halides is 1. The van der Waals surface area contributed by atoms with Gasteiger partial charge in [0.25, 0.3) is 0 Å². The second-order valence-electron chi connectivity index (χ2n) is 2.01. The molecule has 4 heteroatoms. The van der Waals surface area contributed by atoms with E-state index in [1.165, 1.54) is 11.8 Å². The normalized spacial score (nSPS) is 27.7. The van der Waals surface area contributed by atoms with Gasteiger partial charge in [-0.05, 0) is 0 Å². The van der Waals surface area contributed by atoms with Gasteiger partial charge in [-0.1, -0.05) is 11.8 Å². The van der Waals surface area contributed by atoms with Gasteiger partial charge in [-0.3, -0.25) is 9.38 Å². The average Bonchev–Trinajstić information content (AvgIpc) is 1.90. The number of nitrogens with zero attached hydrogens (tertiary/aromatic N) is 1. The van der Waals surface area contributed by atoms with E-state index < -0.39 is 0 Å². The van der Waals surface area contributed by atoms with Crippen LogP contribution in [-0.4, -0.2) is 24.1 Å². The topological polar surface area (TPSA) is 38.4 Å². The maximum Gasteiger partial charge on any atom is 0.153 e. The summed E-state index contributed by atoms with van der Waals surface area (Å²) in [7, 11) is 0. The van der Waals surface area contributed by atoms with Crippen molar-refractivity contribution in [3.63, 3.8) is 0 Å². The Kier molecular flexibility index (Phi) is 2.33. The monoisotopic (exact) mass is 148 g/mol. The Labute approximate surface area is 57.7 Å².